The molecule has 0 saturated carbocycles. The van der Waals surface area contributed by atoms with E-state index in [1.807, 2.05) is 19.2 Å². The molecule has 0 aliphatic heterocycles. The van der Waals surface area contributed by atoms with Gasteiger partial charge in [-0.2, -0.15) is 0 Å². The maximum atomic E-state index is 5.45. The molecule has 0 amide bonds. The number of hydrogen-bond donors (Lipinski definition) is 1. The van der Waals surface area contributed by atoms with Crippen molar-refractivity contribution in [3.63, 3.8) is 0 Å². The first-order valence-electron chi connectivity index (χ1n) is 6.13. The summed E-state index contributed by atoms with van der Waals surface area (Å²) in [4.78, 5) is 0. The monoisotopic (exact) mass is 245 g/mol. The van der Waals surface area contributed by atoms with Crippen molar-refractivity contribution < 1.29 is 9.15 Å². The molecule has 0 saturated heterocycles. The molecule has 0 spiro atoms. The Bertz CT molecular complexity index is 448. The lowest BCUT2D eigenvalue weighted by atomic mass is 10.0. The molecule has 1 atom stereocenters. The Morgan fingerprint density at radius 3 is 2.56 bits per heavy atom. The third-order valence-corrected chi connectivity index (χ3v) is 3.02. The fourth-order valence-corrected chi connectivity index (χ4v) is 2.03. The van der Waals surface area contributed by atoms with Crippen LogP contribution >= 0.6 is 0 Å². The standard InChI is InChI=1S/C15H19NO2/c1-16-15(14-4-3-10-18-14)13-7-5-12(6-8-13)9-11-17-2/h3-8,10,15-16H,9,11H2,1-2H3. The van der Waals surface area contributed by atoms with Crippen molar-refractivity contribution >= 4 is 0 Å². The van der Waals surface area contributed by atoms with Crippen molar-refractivity contribution in [2.75, 3.05) is 20.8 Å². The van der Waals surface area contributed by atoms with Gasteiger partial charge in [0.2, 0.25) is 0 Å². The number of rotatable bonds is 6. The molecular weight excluding hydrogens is 226 g/mol. The van der Waals surface area contributed by atoms with E-state index in [0.29, 0.717) is 0 Å². The fourth-order valence-electron chi connectivity index (χ4n) is 2.03. The van der Waals surface area contributed by atoms with Gasteiger partial charge in [-0.3, -0.25) is 0 Å². The van der Waals surface area contributed by atoms with E-state index < -0.39 is 0 Å². The minimum Gasteiger partial charge on any atom is -0.467 e. The zero-order chi connectivity index (χ0) is 12.8. The fraction of sp³-hybridized carbons (Fsp3) is 0.333. The van der Waals surface area contributed by atoms with Gasteiger partial charge in [-0.1, -0.05) is 24.3 Å². The number of methoxy groups -OCH3 is 1. The molecule has 1 unspecified atom stereocenters. The highest BCUT2D eigenvalue weighted by Crippen LogP contribution is 2.22. The predicted octanol–water partition coefficient (Wildman–Crippen LogP) is 2.78. The summed E-state index contributed by atoms with van der Waals surface area (Å²) in [6.45, 7) is 0.757. The summed E-state index contributed by atoms with van der Waals surface area (Å²) in [6.07, 6.45) is 2.65. The van der Waals surface area contributed by atoms with Crippen LogP contribution in [0, 0.1) is 0 Å². The lowest BCUT2D eigenvalue weighted by molar-refractivity contribution is 0.202. The molecule has 1 heterocycles. The second-order valence-corrected chi connectivity index (χ2v) is 4.22. The average Bonchev–Trinajstić information content (AvgIpc) is 2.93. The zero-order valence-corrected chi connectivity index (χ0v) is 10.8. The molecule has 1 N–H and O–H groups in total. The smallest absolute Gasteiger partial charge is 0.125 e. The molecule has 18 heavy (non-hydrogen) atoms. The molecule has 0 aliphatic rings. The van der Waals surface area contributed by atoms with Crippen LogP contribution in [0.2, 0.25) is 0 Å². The van der Waals surface area contributed by atoms with E-state index in [0.717, 1.165) is 18.8 Å². The normalized spacial score (nSPS) is 12.6. The third kappa shape index (κ3) is 3.00. The molecule has 3 nitrogen and oxygen atoms in total. The average molecular weight is 245 g/mol. The van der Waals surface area contributed by atoms with Crippen molar-refractivity contribution in [2.24, 2.45) is 0 Å². The summed E-state index contributed by atoms with van der Waals surface area (Å²) in [5, 5.41) is 3.26. The molecule has 2 aromatic rings. The highest BCUT2D eigenvalue weighted by molar-refractivity contribution is 5.29. The summed E-state index contributed by atoms with van der Waals surface area (Å²) < 4.78 is 10.5. The first-order chi connectivity index (χ1) is 8.85. The predicted molar refractivity (Wildman–Crippen MR) is 71.6 cm³/mol. The molecule has 96 valence electrons. The minimum absolute atomic E-state index is 0.108. The van der Waals surface area contributed by atoms with Crippen LogP contribution in [0.4, 0.5) is 0 Å². The zero-order valence-electron chi connectivity index (χ0n) is 10.8. The van der Waals surface area contributed by atoms with Gasteiger partial charge < -0.3 is 14.5 Å². The summed E-state index contributed by atoms with van der Waals surface area (Å²) in [7, 11) is 3.66. The van der Waals surface area contributed by atoms with Gasteiger partial charge in [-0.05, 0) is 36.7 Å². The second kappa shape index (κ2) is 6.38. The Kier molecular flexibility index (Phi) is 4.56. The number of ether oxygens (including phenoxy) is 1. The van der Waals surface area contributed by atoms with Crippen LogP contribution in [-0.4, -0.2) is 20.8 Å². The van der Waals surface area contributed by atoms with E-state index in [1.165, 1.54) is 11.1 Å². The van der Waals surface area contributed by atoms with E-state index in [1.54, 1.807) is 13.4 Å². The topological polar surface area (TPSA) is 34.4 Å². The van der Waals surface area contributed by atoms with Gasteiger partial charge in [0.05, 0.1) is 18.9 Å². The van der Waals surface area contributed by atoms with Gasteiger partial charge >= 0.3 is 0 Å². The summed E-state index contributed by atoms with van der Waals surface area (Å²) in [5.41, 5.74) is 2.49. The van der Waals surface area contributed by atoms with Crippen LogP contribution < -0.4 is 5.32 Å². The second-order valence-electron chi connectivity index (χ2n) is 4.22. The van der Waals surface area contributed by atoms with E-state index >= 15 is 0 Å². The van der Waals surface area contributed by atoms with Crippen molar-refractivity contribution in [1.29, 1.82) is 0 Å². The number of hydrogen-bond acceptors (Lipinski definition) is 3. The molecule has 0 bridgehead atoms. The molecule has 1 aromatic carbocycles. The van der Waals surface area contributed by atoms with Gasteiger partial charge in [0.1, 0.15) is 5.76 Å². The van der Waals surface area contributed by atoms with Gasteiger partial charge in [0.25, 0.3) is 0 Å². The van der Waals surface area contributed by atoms with Crippen molar-refractivity contribution in [1.82, 2.24) is 5.32 Å². The first kappa shape index (κ1) is 12.9. The molecule has 0 radical (unpaired) electrons. The van der Waals surface area contributed by atoms with Crippen molar-refractivity contribution in [3.8, 4) is 0 Å². The quantitative estimate of drug-likeness (QED) is 0.849. The Morgan fingerprint density at radius 2 is 2.00 bits per heavy atom. The van der Waals surface area contributed by atoms with Crippen LogP contribution in [-0.2, 0) is 11.2 Å². The van der Waals surface area contributed by atoms with E-state index in [4.69, 9.17) is 9.15 Å². The van der Waals surface area contributed by atoms with Crippen LogP contribution in [0.1, 0.15) is 22.9 Å². The van der Waals surface area contributed by atoms with Crippen molar-refractivity contribution in [3.05, 3.63) is 59.5 Å². The van der Waals surface area contributed by atoms with E-state index in [-0.39, 0.29) is 6.04 Å². The molecular formula is C15H19NO2. The number of furan rings is 1. The van der Waals surface area contributed by atoms with Gasteiger partial charge in [-0.15, -0.1) is 0 Å². The lowest BCUT2D eigenvalue weighted by Crippen LogP contribution is -2.16. The largest absolute Gasteiger partial charge is 0.467 e. The Balaban J connectivity index is 2.12. The van der Waals surface area contributed by atoms with Crippen LogP contribution in [0.25, 0.3) is 0 Å². The Labute approximate surface area is 108 Å². The molecule has 3 heteroatoms. The minimum atomic E-state index is 0.108. The van der Waals surface area contributed by atoms with E-state index in [2.05, 4.69) is 29.6 Å². The van der Waals surface area contributed by atoms with Gasteiger partial charge in [0, 0.05) is 7.11 Å². The molecule has 0 fully saturated rings. The van der Waals surface area contributed by atoms with E-state index in [9.17, 15) is 0 Å². The third-order valence-electron chi connectivity index (χ3n) is 3.02. The SMILES string of the molecule is CNC(c1ccc(CCOC)cc1)c1ccco1. The molecule has 0 aliphatic carbocycles. The van der Waals surface area contributed by atoms with Crippen LogP contribution in [0.3, 0.4) is 0 Å². The molecule has 2 rings (SSSR count). The number of nitrogens with one attached hydrogen (secondary N) is 1. The van der Waals surface area contributed by atoms with Crippen LogP contribution in [0.5, 0.6) is 0 Å². The maximum absolute atomic E-state index is 5.45. The van der Waals surface area contributed by atoms with Gasteiger partial charge in [-0.25, -0.2) is 0 Å². The maximum Gasteiger partial charge on any atom is 0.125 e. The van der Waals surface area contributed by atoms with Crippen molar-refractivity contribution in [2.45, 2.75) is 12.5 Å². The van der Waals surface area contributed by atoms with Gasteiger partial charge in [0.15, 0.2) is 0 Å². The highest BCUT2D eigenvalue weighted by Gasteiger charge is 2.13. The van der Waals surface area contributed by atoms with Crippen LogP contribution in [0.15, 0.2) is 47.1 Å². The summed E-state index contributed by atoms with van der Waals surface area (Å²) in [6, 6.07) is 12.6. The molecule has 1 aromatic heterocycles. The number of benzene rings is 1. The first-order valence-corrected chi connectivity index (χ1v) is 6.13. The Hall–Kier alpha value is -1.58. The Morgan fingerprint density at radius 1 is 1.22 bits per heavy atom. The highest BCUT2D eigenvalue weighted by atomic mass is 16.5. The summed E-state index contributed by atoms with van der Waals surface area (Å²) in [5.74, 6) is 0.933. The lowest BCUT2D eigenvalue weighted by Gasteiger charge is -2.14. The summed E-state index contributed by atoms with van der Waals surface area (Å²) >= 11 is 0.